The Balaban J connectivity index is 1.88. The van der Waals surface area contributed by atoms with Crippen LogP contribution in [0.1, 0.15) is 38.5 Å². The predicted molar refractivity (Wildman–Crippen MR) is 93.2 cm³/mol. The summed E-state index contributed by atoms with van der Waals surface area (Å²) in [7, 11) is 0. The van der Waals surface area contributed by atoms with Crippen LogP contribution in [-0.4, -0.2) is 30.8 Å². The molecule has 0 spiro atoms. The maximum Gasteiger partial charge on any atom is 0.377 e. The van der Waals surface area contributed by atoms with Gasteiger partial charge < -0.3 is 0 Å². The molecule has 1 heterocycles. The first-order chi connectivity index (χ1) is 12.1. The lowest BCUT2D eigenvalue weighted by atomic mass is 10.0. The average Bonchev–Trinajstić information content (AvgIpc) is 2.95. The van der Waals surface area contributed by atoms with Crippen LogP contribution < -0.4 is 11.5 Å². The number of para-hydroxylation sites is 1. The Kier molecular flexibility index (Phi) is 5.30. The molecule has 0 atom stereocenters. The molecule has 1 amide bonds. The fourth-order valence-electron chi connectivity index (χ4n) is 2.76. The van der Waals surface area contributed by atoms with Crippen molar-refractivity contribution < 1.29 is 4.79 Å². The Morgan fingerprint density at radius 2 is 1.92 bits per heavy atom. The Bertz CT molecular complexity index is 856. The molecule has 132 valence electrons. The Morgan fingerprint density at radius 3 is 2.72 bits per heavy atom. The average molecular weight is 363 g/mol. The van der Waals surface area contributed by atoms with Gasteiger partial charge in [-0.1, -0.05) is 42.7 Å². The fraction of sp³-hybridized carbons (Fsp3) is 0.375. The maximum absolute atomic E-state index is 12.6. The maximum atomic E-state index is 12.6. The molecular weight excluding hydrogens is 344 g/mol. The molecule has 0 radical (unpaired) electrons. The molecule has 9 heteroatoms. The van der Waals surface area contributed by atoms with Gasteiger partial charge in [-0.3, -0.25) is 0 Å². The van der Waals surface area contributed by atoms with E-state index in [9.17, 15) is 9.59 Å². The van der Waals surface area contributed by atoms with Crippen molar-refractivity contribution in [2.24, 2.45) is 5.84 Å². The van der Waals surface area contributed by atoms with Crippen molar-refractivity contribution in [3.8, 4) is 5.69 Å². The van der Waals surface area contributed by atoms with Crippen molar-refractivity contribution >= 4 is 17.6 Å². The van der Waals surface area contributed by atoms with Crippen LogP contribution in [0.3, 0.4) is 0 Å². The van der Waals surface area contributed by atoms with Gasteiger partial charge in [0.25, 0.3) is 0 Å². The Hall–Kier alpha value is -2.45. The fourth-order valence-corrected chi connectivity index (χ4v) is 2.98. The van der Waals surface area contributed by atoms with E-state index in [0.717, 1.165) is 35.4 Å². The van der Waals surface area contributed by atoms with Crippen LogP contribution in [0.5, 0.6) is 0 Å². The number of hydrogen-bond acceptors (Lipinski definition) is 5. The van der Waals surface area contributed by atoms with E-state index in [1.165, 1.54) is 6.42 Å². The molecule has 1 aliphatic carbocycles. The topological polar surface area (TPSA) is 99.0 Å². The van der Waals surface area contributed by atoms with Gasteiger partial charge in [0.2, 0.25) is 0 Å². The van der Waals surface area contributed by atoms with E-state index in [0.29, 0.717) is 27.5 Å². The van der Waals surface area contributed by atoms with E-state index in [4.69, 9.17) is 17.4 Å². The number of nitrogens with zero attached hydrogens (tertiary/aromatic N) is 5. The molecule has 2 aromatic rings. The standard InChI is InChI=1S/C16H19ClN6O2/c17-13-10-6-7-11-14(13)22-16(25)23(20-19-22)15(24)21(18)12-8-4-2-1-3-5-9-12/h6-8,10-11H,1-5,9,18H2/b12-8+. The summed E-state index contributed by atoms with van der Waals surface area (Å²) in [6, 6.07) is 5.94. The first-order valence-electron chi connectivity index (χ1n) is 8.17. The summed E-state index contributed by atoms with van der Waals surface area (Å²) >= 11 is 6.07. The summed E-state index contributed by atoms with van der Waals surface area (Å²) in [5.74, 6) is 5.94. The highest BCUT2D eigenvalue weighted by Gasteiger charge is 2.22. The molecule has 1 aromatic carbocycles. The van der Waals surface area contributed by atoms with Gasteiger partial charge in [-0.05, 0) is 48.2 Å². The van der Waals surface area contributed by atoms with E-state index >= 15 is 0 Å². The second-order valence-electron chi connectivity index (χ2n) is 5.84. The lowest BCUT2D eigenvalue weighted by Crippen LogP contribution is -2.44. The number of benzene rings is 1. The zero-order valence-electron chi connectivity index (χ0n) is 13.6. The monoisotopic (exact) mass is 362 g/mol. The van der Waals surface area contributed by atoms with Crippen LogP contribution in [0.15, 0.2) is 40.8 Å². The van der Waals surface area contributed by atoms with Crippen molar-refractivity contribution in [3.63, 3.8) is 0 Å². The molecular formula is C16H19ClN6O2. The zero-order valence-corrected chi connectivity index (χ0v) is 14.4. The zero-order chi connectivity index (χ0) is 17.8. The number of tetrazole rings is 1. The van der Waals surface area contributed by atoms with Gasteiger partial charge in [0, 0.05) is 5.70 Å². The second kappa shape index (κ2) is 7.62. The van der Waals surface area contributed by atoms with Crippen LogP contribution in [0.25, 0.3) is 5.69 Å². The van der Waals surface area contributed by atoms with E-state index in [1.54, 1.807) is 24.3 Å². The second-order valence-corrected chi connectivity index (χ2v) is 6.24. The van der Waals surface area contributed by atoms with Crippen molar-refractivity contribution in [3.05, 3.63) is 51.5 Å². The number of rotatable bonds is 2. The molecule has 0 saturated heterocycles. The van der Waals surface area contributed by atoms with E-state index in [2.05, 4.69) is 10.4 Å². The molecule has 3 rings (SSSR count). The first kappa shape index (κ1) is 17.4. The molecule has 1 aromatic heterocycles. The van der Waals surface area contributed by atoms with Gasteiger partial charge in [-0.25, -0.2) is 20.4 Å². The number of carbonyl (C=O) groups is 1. The molecule has 0 fully saturated rings. The van der Waals surface area contributed by atoms with Gasteiger partial charge in [0.15, 0.2) is 0 Å². The first-order valence-corrected chi connectivity index (χ1v) is 8.55. The highest BCUT2D eigenvalue weighted by molar-refractivity contribution is 6.32. The Morgan fingerprint density at radius 1 is 1.16 bits per heavy atom. The van der Waals surface area contributed by atoms with Crippen LogP contribution in [0, 0.1) is 0 Å². The minimum atomic E-state index is -0.741. The van der Waals surface area contributed by atoms with Crippen LogP contribution in [0.4, 0.5) is 4.79 Å². The molecule has 0 saturated carbocycles. The van der Waals surface area contributed by atoms with Gasteiger partial charge in [-0.15, -0.1) is 4.68 Å². The van der Waals surface area contributed by atoms with Crippen LogP contribution >= 0.6 is 11.6 Å². The van der Waals surface area contributed by atoms with Gasteiger partial charge in [0.05, 0.1) is 10.7 Å². The number of halogens is 1. The number of hydrazine groups is 1. The third-order valence-electron chi connectivity index (χ3n) is 4.13. The minimum absolute atomic E-state index is 0.330. The molecule has 0 bridgehead atoms. The SMILES string of the molecule is NN(C(=O)n1nnn(-c2ccccc2Cl)c1=O)/C1=C/CCCCCC1. The molecule has 0 unspecified atom stereocenters. The van der Waals surface area contributed by atoms with Crippen molar-refractivity contribution in [1.29, 1.82) is 0 Å². The summed E-state index contributed by atoms with van der Waals surface area (Å²) in [6.45, 7) is 0. The third-order valence-corrected chi connectivity index (χ3v) is 4.45. The quantitative estimate of drug-likeness (QED) is 0.383. The lowest BCUT2D eigenvalue weighted by Gasteiger charge is -2.20. The van der Waals surface area contributed by atoms with E-state index in [-0.39, 0.29) is 0 Å². The van der Waals surface area contributed by atoms with E-state index < -0.39 is 11.7 Å². The third kappa shape index (κ3) is 3.64. The van der Waals surface area contributed by atoms with E-state index in [1.807, 2.05) is 6.08 Å². The smallest absolute Gasteiger partial charge is 0.244 e. The van der Waals surface area contributed by atoms with Crippen LogP contribution in [-0.2, 0) is 0 Å². The molecule has 8 nitrogen and oxygen atoms in total. The van der Waals surface area contributed by atoms with Gasteiger partial charge >= 0.3 is 11.7 Å². The predicted octanol–water partition coefficient (Wildman–Crippen LogP) is 2.46. The normalized spacial score (nSPS) is 17.3. The Labute approximate surface area is 149 Å². The molecule has 0 aliphatic heterocycles. The van der Waals surface area contributed by atoms with Gasteiger partial charge in [-0.2, -0.15) is 4.68 Å². The number of amides is 1. The van der Waals surface area contributed by atoms with Crippen LogP contribution in [0.2, 0.25) is 5.02 Å². The number of aromatic nitrogens is 4. The number of nitrogens with two attached hydrogens (primary N) is 1. The summed E-state index contributed by atoms with van der Waals surface area (Å²) < 4.78 is 1.61. The highest BCUT2D eigenvalue weighted by Crippen LogP contribution is 2.19. The number of allylic oxidation sites excluding steroid dienone is 2. The lowest BCUT2D eigenvalue weighted by molar-refractivity contribution is 0.206. The summed E-state index contributed by atoms with van der Waals surface area (Å²) in [4.78, 5) is 25.1. The molecule has 25 heavy (non-hydrogen) atoms. The molecule has 1 aliphatic rings. The van der Waals surface area contributed by atoms with Crippen molar-refractivity contribution in [1.82, 2.24) is 24.8 Å². The number of hydrogen-bond donors (Lipinski definition) is 1. The van der Waals surface area contributed by atoms with Gasteiger partial charge in [0.1, 0.15) is 0 Å². The summed E-state index contributed by atoms with van der Waals surface area (Å²) in [5, 5.41) is 8.70. The van der Waals surface area contributed by atoms with Crippen molar-refractivity contribution in [2.45, 2.75) is 38.5 Å². The minimum Gasteiger partial charge on any atom is -0.244 e. The van der Waals surface area contributed by atoms with Crippen molar-refractivity contribution in [2.75, 3.05) is 0 Å². The summed E-state index contributed by atoms with van der Waals surface area (Å²) in [5.41, 5.74) is 0.325. The number of carbonyl (C=O) groups excluding carboxylic acids is 1. The molecule has 2 N–H and O–H groups in total. The summed E-state index contributed by atoms with van der Waals surface area (Å²) in [6.07, 6.45) is 7.78. The largest absolute Gasteiger partial charge is 0.377 e. The highest BCUT2D eigenvalue weighted by atomic mass is 35.5.